The Hall–Kier alpha value is -4.74. The summed E-state index contributed by atoms with van der Waals surface area (Å²) < 4.78 is 63.5. The summed E-state index contributed by atoms with van der Waals surface area (Å²) in [5.74, 6) is -2.43. The molecule has 0 saturated carbocycles. The molecule has 6 rings (SSSR count). The Balaban J connectivity index is 1.38. The van der Waals surface area contributed by atoms with Gasteiger partial charge in [-0.3, -0.25) is 14.4 Å². The Morgan fingerprint density at radius 3 is 1.42 bits per heavy atom. The summed E-state index contributed by atoms with van der Waals surface area (Å²) in [4.78, 5) is 39.0. The van der Waals surface area contributed by atoms with E-state index in [4.69, 9.17) is 59.0 Å². The number of nitrogens with one attached hydrogen (secondary N) is 1. The molecule has 1 amide bonds. The minimum atomic E-state index is -1.47. The molecule has 0 aliphatic carbocycles. The number of benzene rings is 4. The lowest BCUT2D eigenvalue weighted by atomic mass is 9.94. The highest BCUT2D eigenvalue weighted by atomic mass is 35.5. The minimum absolute atomic E-state index is 0.0288. The van der Waals surface area contributed by atoms with Gasteiger partial charge >= 0.3 is 11.9 Å². The third-order valence-electron chi connectivity index (χ3n) is 10.2. The second kappa shape index (κ2) is 24.2. The van der Waals surface area contributed by atoms with Crippen LogP contribution < -0.4 is 5.32 Å². The summed E-state index contributed by atoms with van der Waals surface area (Å²) >= 11 is 6.02. The molecule has 332 valence electrons. The SMILES string of the molecule is COC1OC(COCc2ccccc2)C(OCc2ccccc2)C(OC2OC(COCc3ccccc3)C(OCc3ccccc3)C(OC(=O)CCl)C2OC(C)=O)C1NC(C)=O. The standard InChI is InChI=1S/C47H54ClNO13/c1-31(50)49-40-43(41(56-27-35-20-12-6-13-21-35)37(59-46(40)53-3)29-54-25-33-16-8-4-9-17-33)62-47-45(58-32(2)51)44(61-39(52)24-48)42(57-28-36-22-14-7-15-23-36)38(60-47)30-55-26-34-18-10-5-11-19-34/h4-23,37-38,40-47H,24-30H2,1-3H3,(H,49,50). The summed E-state index contributed by atoms with van der Waals surface area (Å²) in [5, 5.41) is 2.92. The fraction of sp³-hybridized carbons (Fsp3) is 0.426. The topological polar surface area (TPSA) is 156 Å². The van der Waals surface area contributed by atoms with Crippen molar-refractivity contribution in [2.45, 2.75) is 102 Å². The average molecular weight is 876 g/mol. The van der Waals surface area contributed by atoms with Crippen LogP contribution in [-0.2, 0) is 88.2 Å². The first-order valence-electron chi connectivity index (χ1n) is 20.5. The van der Waals surface area contributed by atoms with Crippen molar-refractivity contribution in [1.82, 2.24) is 5.32 Å². The molecular weight excluding hydrogens is 822 g/mol. The summed E-state index contributed by atoms with van der Waals surface area (Å²) in [6, 6.07) is 37.1. The van der Waals surface area contributed by atoms with E-state index in [0.717, 1.165) is 22.3 Å². The maximum atomic E-state index is 13.1. The highest BCUT2D eigenvalue weighted by molar-refractivity contribution is 6.26. The second-order valence-corrected chi connectivity index (χ2v) is 15.1. The highest BCUT2D eigenvalue weighted by Crippen LogP contribution is 2.35. The summed E-state index contributed by atoms with van der Waals surface area (Å²) in [7, 11) is 1.44. The number of rotatable bonds is 21. The largest absolute Gasteiger partial charge is 0.454 e. The van der Waals surface area contributed by atoms with Crippen molar-refractivity contribution in [1.29, 1.82) is 0 Å². The number of hydrogen-bond acceptors (Lipinski definition) is 13. The summed E-state index contributed by atoms with van der Waals surface area (Å²) in [6.45, 7) is 3.22. The number of hydrogen-bond donors (Lipinski definition) is 1. The molecule has 62 heavy (non-hydrogen) atoms. The lowest BCUT2D eigenvalue weighted by molar-refractivity contribution is -0.353. The van der Waals surface area contributed by atoms with E-state index in [0.29, 0.717) is 0 Å². The zero-order valence-electron chi connectivity index (χ0n) is 35.0. The maximum absolute atomic E-state index is 13.1. The molecule has 4 aromatic carbocycles. The molecule has 0 spiro atoms. The van der Waals surface area contributed by atoms with Crippen LogP contribution in [0, 0.1) is 0 Å². The average Bonchev–Trinajstić information content (AvgIpc) is 3.28. The minimum Gasteiger partial charge on any atom is -0.454 e. The Morgan fingerprint density at radius 1 is 0.565 bits per heavy atom. The van der Waals surface area contributed by atoms with Crippen LogP contribution in [0.3, 0.4) is 0 Å². The van der Waals surface area contributed by atoms with Gasteiger partial charge in [-0.2, -0.15) is 0 Å². The number of alkyl halides is 1. The van der Waals surface area contributed by atoms with Crippen LogP contribution in [0.5, 0.6) is 0 Å². The van der Waals surface area contributed by atoms with Gasteiger partial charge in [0.1, 0.15) is 42.4 Å². The third kappa shape index (κ3) is 13.6. The van der Waals surface area contributed by atoms with Gasteiger partial charge in [-0.25, -0.2) is 0 Å². The molecule has 2 heterocycles. The lowest BCUT2D eigenvalue weighted by Gasteiger charge is -2.49. The third-order valence-corrected chi connectivity index (χ3v) is 10.4. The van der Waals surface area contributed by atoms with Gasteiger partial charge in [-0.05, 0) is 22.3 Å². The van der Waals surface area contributed by atoms with E-state index >= 15 is 0 Å². The molecule has 10 atom stereocenters. The molecule has 4 aromatic rings. The Morgan fingerprint density at radius 2 is 1.00 bits per heavy atom. The van der Waals surface area contributed by atoms with E-state index in [2.05, 4.69) is 5.32 Å². The molecule has 2 aliphatic heterocycles. The molecule has 10 unspecified atom stereocenters. The molecule has 15 heteroatoms. The van der Waals surface area contributed by atoms with Crippen molar-refractivity contribution in [3.05, 3.63) is 144 Å². The van der Waals surface area contributed by atoms with E-state index in [-0.39, 0.29) is 39.6 Å². The van der Waals surface area contributed by atoms with E-state index in [1.54, 1.807) is 0 Å². The van der Waals surface area contributed by atoms with Crippen molar-refractivity contribution in [3.8, 4) is 0 Å². The first-order chi connectivity index (χ1) is 30.2. The Labute approximate surface area is 366 Å². The zero-order valence-corrected chi connectivity index (χ0v) is 35.7. The fourth-order valence-corrected chi connectivity index (χ4v) is 7.43. The summed E-state index contributed by atoms with van der Waals surface area (Å²) in [6.07, 6.45) is -10.2. The predicted molar refractivity (Wildman–Crippen MR) is 225 cm³/mol. The number of carbonyl (C=O) groups is 3. The highest BCUT2D eigenvalue weighted by Gasteiger charge is 2.56. The van der Waals surface area contributed by atoms with Crippen LogP contribution in [0.2, 0.25) is 0 Å². The molecule has 14 nitrogen and oxygen atoms in total. The van der Waals surface area contributed by atoms with Crippen molar-refractivity contribution >= 4 is 29.4 Å². The van der Waals surface area contributed by atoms with Crippen molar-refractivity contribution < 1.29 is 61.8 Å². The molecule has 2 aliphatic rings. The van der Waals surface area contributed by atoms with Crippen LogP contribution >= 0.6 is 11.6 Å². The van der Waals surface area contributed by atoms with Gasteiger partial charge in [0.25, 0.3) is 0 Å². The number of methoxy groups -OCH3 is 1. The van der Waals surface area contributed by atoms with E-state index < -0.39 is 85.1 Å². The van der Waals surface area contributed by atoms with E-state index in [9.17, 15) is 14.4 Å². The molecule has 0 bridgehead atoms. The van der Waals surface area contributed by atoms with Gasteiger partial charge in [0.05, 0.1) is 39.6 Å². The van der Waals surface area contributed by atoms with E-state index in [1.165, 1.54) is 21.0 Å². The van der Waals surface area contributed by atoms with Gasteiger partial charge in [0, 0.05) is 21.0 Å². The van der Waals surface area contributed by atoms with Gasteiger partial charge in [0.15, 0.2) is 24.8 Å². The number of carbonyl (C=O) groups excluding carboxylic acids is 3. The lowest BCUT2D eigenvalue weighted by Crippen LogP contribution is -2.69. The van der Waals surface area contributed by atoms with Crippen LogP contribution in [-0.4, -0.2) is 105 Å². The molecule has 0 radical (unpaired) electrons. The van der Waals surface area contributed by atoms with Crippen molar-refractivity contribution in [2.75, 3.05) is 26.2 Å². The molecule has 2 fully saturated rings. The predicted octanol–water partition coefficient (Wildman–Crippen LogP) is 5.66. The Bertz CT molecular complexity index is 1950. The number of ether oxygens (including phenoxy) is 10. The van der Waals surface area contributed by atoms with Crippen LogP contribution in [0.25, 0.3) is 0 Å². The molecule has 2 saturated heterocycles. The first kappa shape index (κ1) is 46.8. The van der Waals surface area contributed by atoms with Crippen LogP contribution in [0.1, 0.15) is 36.1 Å². The van der Waals surface area contributed by atoms with Crippen LogP contribution in [0.15, 0.2) is 121 Å². The van der Waals surface area contributed by atoms with Crippen LogP contribution in [0.4, 0.5) is 0 Å². The fourth-order valence-electron chi connectivity index (χ4n) is 7.37. The zero-order chi connectivity index (χ0) is 43.7. The Kier molecular flexibility index (Phi) is 18.2. The van der Waals surface area contributed by atoms with Gasteiger partial charge in [-0.15, -0.1) is 11.6 Å². The van der Waals surface area contributed by atoms with Crippen molar-refractivity contribution in [2.24, 2.45) is 0 Å². The van der Waals surface area contributed by atoms with Gasteiger partial charge in [-0.1, -0.05) is 121 Å². The normalized spacial score (nSPS) is 26.0. The molecule has 0 aromatic heterocycles. The monoisotopic (exact) mass is 875 g/mol. The number of esters is 2. The second-order valence-electron chi connectivity index (χ2n) is 14.8. The smallest absolute Gasteiger partial charge is 0.321 e. The maximum Gasteiger partial charge on any atom is 0.321 e. The first-order valence-corrected chi connectivity index (χ1v) is 21.0. The van der Waals surface area contributed by atoms with Crippen molar-refractivity contribution in [3.63, 3.8) is 0 Å². The number of halogens is 1. The summed E-state index contributed by atoms with van der Waals surface area (Å²) in [5.41, 5.74) is 3.53. The number of amides is 1. The molecule has 1 N–H and O–H groups in total. The van der Waals surface area contributed by atoms with Gasteiger partial charge in [0.2, 0.25) is 5.91 Å². The molecular formula is C47H54ClNO13. The quantitative estimate of drug-likeness (QED) is 0.0810. The van der Waals surface area contributed by atoms with E-state index in [1.807, 2.05) is 121 Å². The van der Waals surface area contributed by atoms with Gasteiger partial charge < -0.3 is 52.7 Å².